The number of hydrogen-bond donors (Lipinski definition) is 2. The Morgan fingerprint density at radius 3 is 2.33 bits per heavy atom. The number of hydrazine groups is 1. The SMILES string of the molecule is CCCCCC(CC)N(CCC)NCN. The molecule has 15 heavy (non-hydrogen) atoms. The molecule has 0 saturated carbocycles. The van der Waals surface area contributed by atoms with E-state index >= 15 is 0 Å². The van der Waals surface area contributed by atoms with Crippen LogP contribution >= 0.6 is 0 Å². The van der Waals surface area contributed by atoms with E-state index in [4.69, 9.17) is 5.73 Å². The Balaban J connectivity index is 3.93. The van der Waals surface area contributed by atoms with Crippen molar-refractivity contribution >= 4 is 0 Å². The first kappa shape index (κ1) is 14.9. The molecule has 0 aromatic rings. The van der Waals surface area contributed by atoms with Crippen LogP contribution < -0.4 is 11.2 Å². The van der Waals surface area contributed by atoms with Crippen LogP contribution in [0.4, 0.5) is 0 Å². The van der Waals surface area contributed by atoms with Crippen LogP contribution in [0.2, 0.25) is 0 Å². The summed E-state index contributed by atoms with van der Waals surface area (Å²) in [6.07, 6.45) is 7.65. The summed E-state index contributed by atoms with van der Waals surface area (Å²) in [7, 11) is 0. The van der Waals surface area contributed by atoms with Crippen LogP contribution in [0, 0.1) is 0 Å². The van der Waals surface area contributed by atoms with Crippen LogP contribution in [-0.2, 0) is 0 Å². The van der Waals surface area contributed by atoms with Gasteiger partial charge in [-0.3, -0.25) is 0 Å². The Bertz CT molecular complexity index is 122. The highest BCUT2D eigenvalue weighted by molar-refractivity contribution is 4.66. The lowest BCUT2D eigenvalue weighted by Gasteiger charge is -2.30. The molecule has 1 atom stereocenters. The minimum atomic E-state index is 0.546. The molecule has 0 aliphatic heterocycles. The van der Waals surface area contributed by atoms with E-state index in [1.54, 1.807) is 0 Å². The summed E-state index contributed by atoms with van der Waals surface area (Å²) in [4.78, 5) is 0. The molecule has 0 bridgehead atoms. The van der Waals surface area contributed by atoms with Crippen LogP contribution in [0.1, 0.15) is 59.3 Å². The number of nitrogens with one attached hydrogen (secondary N) is 1. The van der Waals surface area contributed by atoms with Crippen LogP contribution in [-0.4, -0.2) is 24.3 Å². The minimum Gasteiger partial charge on any atom is -0.317 e. The molecule has 3 N–H and O–H groups in total. The van der Waals surface area contributed by atoms with Gasteiger partial charge >= 0.3 is 0 Å². The summed E-state index contributed by atoms with van der Waals surface area (Å²) in [6, 6.07) is 0.653. The normalized spacial score (nSPS) is 13.4. The lowest BCUT2D eigenvalue weighted by Crippen LogP contribution is -2.48. The van der Waals surface area contributed by atoms with Crippen LogP contribution in [0.15, 0.2) is 0 Å². The fourth-order valence-electron chi connectivity index (χ4n) is 1.96. The van der Waals surface area contributed by atoms with E-state index in [-0.39, 0.29) is 0 Å². The van der Waals surface area contributed by atoms with Crippen molar-refractivity contribution in [3.63, 3.8) is 0 Å². The van der Waals surface area contributed by atoms with E-state index < -0.39 is 0 Å². The van der Waals surface area contributed by atoms with Gasteiger partial charge in [-0.25, -0.2) is 10.4 Å². The van der Waals surface area contributed by atoms with Gasteiger partial charge in [0.1, 0.15) is 0 Å². The molecular formula is C12H29N3. The highest BCUT2D eigenvalue weighted by atomic mass is 15.5. The lowest BCUT2D eigenvalue weighted by atomic mass is 10.1. The molecule has 0 aliphatic carbocycles. The second-order valence-electron chi connectivity index (χ2n) is 4.11. The summed E-state index contributed by atoms with van der Waals surface area (Å²) in [5, 5.41) is 2.33. The van der Waals surface area contributed by atoms with Gasteiger partial charge in [0.25, 0.3) is 0 Å². The predicted molar refractivity (Wildman–Crippen MR) is 67.4 cm³/mol. The minimum absolute atomic E-state index is 0.546. The maximum atomic E-state index is 5.55. The van der Waals surface area contributed by atoms with E-state index in [2.05, 4.69) is 31.2 Å². The second-order valence-corrected chi connectivity index (χ2v) is 4.11. The Morgan fingerprint density at radius 1 is 1.13 bits per heavy atom. The van der Waals surface area contributed by atoms with Gasteiger partial charge in [-0.1, -0.05) is 40.0 Å². The van der Waals surface area contributed by atoms with Gasteiger partial charge in [0.05, 0.1) is 6.67 Å². The van der Waals surface area contributed by atoms with Gasteiger partial charge < -0.3 is 5.73 Å². The first-order valence-corrected chi connectivity index (χ1v) is 6.50. The Kier molecular flexibility index (Phi) is 10.3. The number of rotatable bonds is 10. The summed E-state index contributed by atoms with van der Waals surface area (Å²) in [5.41, 5.74) is 8.83. The smallest absolute Gasteiger partial charge is 0.0567 e. The van der Waals surface area contributed by atoms with Crippen LogP contribution in [0.3, 0.4) is 0 Å². The van der Waals surface area contributed by atoms with Crippen molar-refractivity contribution in [3.05, 3.63) is 0 Å². The zero-order chi connectivity index (χ0) is 11.5. The van der Waals surface area contributed by atoms with E-state index in [1.165, 1.54) is 38.5 Å². The molecule has 0 amide bonds. The molecule has 0 spiro atoms. The average Bonchev–Trinajstić information content (AvgIpc) is 2.24. The molecule has 92 valence electrons. The zero-order valence-electron chi connectivity index (χ0n) is 10.8. The lowest BCUT2D eigenvalue weighted by molar-refractivity contribution is 0.112. The quantitative estimate of drug-likeness (QED) is 0.334. The number of nitrogens with two attached hydrogens (primary N) is 1. The zero-order valence-corrected chi connectivity index (χ0v) is 10.8. The third kappa shape index (κ3) is 6.88. The molecule has 0 heterocycles. The van der Waals surface area contributed by atoms with Gasteiger partial charge in [-0.15, -0.1) is 0 Å². The molecule has 3 heteroatoms. The molecule has 0 saturated heterocycles. The third-order valence-electron chi connectivity index (χ3n) is 2.81. The molecular weight excluding hydrogens is 186 g/mol. The van der Waals surface area contributed by atoms with Crippen molar-refractivity contribution in [1.82, 2.24) is 10.4 Å². The van der Waals surface area contributed by atoms with Crippen molar-refractivity contribution in [3.8, 4) is 0 Å². The molecule has 0 rings (SSSR count). The molecule has 0 aliphatic rings. The first-order chi connectivity index (χ1) is 7.29. The van der Waals surface area contributed by atoms with Gasteiger partial charge in [0, 0.05) is 12.6 Å². The third-order valence-corrected chi connectivity index (χ3v) is 2.81. The Hall–Kier alpha value is -0.120. The fraction of sp³-hybridized carbons (Fsp3) is 1.00. The largest absolute Gasteiger partial charge is 0.317 e. The van der Waals surface area contributed by atoms with Gasteiger partial charge in [0.15, 0.2) is 0 Å². The van der Waals surface area contributed by atoms with Gasteiger partial charge in [-0.05, 0) is 19.3 Å². The summed E-state index contributed by atoms with van der Waals surface area (Å²) in [5.74, 6) is 0. The van der Waals surface area contributed by atoms with Crippen molar-refractivity contribution in [2.24, 2.45) is 5.73 Å². The highest BCUT2D eigenvalue weighted by Gasteiger charge is 2.14. The first-order valence-electron chi connectivity index (χ1n) is 6.50. The van der Waals surface area contributed by atoms with Gasteiger partial charge in [0.2, 0.25) is 0 Å². The van der Waals surface area contributed by atoms with Crippen molar-refractivity contribution < 1.29 is 0 Å². The molecule has 0 radical (unpaired) electrons. The van der Waals surface area contributed by atoms with Crippen LogP contribution in [0.25, 0.3) is 0 Å². The van der Waals surface area contributed by atoms with Crippen molar-refractivity contribution in [2.75, 3.05) is 13.2 Å². The molecule has 1 unspecified atom stereocenters. The maximum absolute atomic E-state index is 5.55. The summed E-state index contributed by atoms with van der Waals surface area (Å²) >= 11 is 0. The van der Waals surface area contributed by atoms with Crippen molar-refractivity contribution in [2.45, 2.75) is 65.3 Å². The van der Waals surface area contributed by atoms with E-state index in [0.717, 1.165) is 6.54 Å². The number of nitrogens with zero attached hydrogens (tertiary/aromatic N) is 1. The summed E-state index contributed by atoms with van der Waals surface area (Å²) < 4.78 is 0. The predicted octanol–water partition coefficient (Wildman–Crippen LogP) is 2.48. The fourth-order valence-corrected chi connectivity index (χ4v) is 1.96. The monoisotopic (exact) mass is 215 g/mol. The molecule has 0 fully saturated rings. The molecule has 0 aromatic heterocycles. The number of unbranched alkanes of at least 4 members (excludes halogenated alkanes) is 2. The summed E-state index contributed by atoms with van der Waals surface area (Å²) in [6.45, 7) is 8.37. The number of hydrogen-bond acceptors (Lipinski definition) is 3. The molecule has 3 nitrogen and oxygen atoms in total. The topological polar surface area (TPSA) is 41.3 Å². The van der Waals surface area contributed by atoms with Crippen molar-refractivity contribution in [1.29, 1.82) is 0 Å². The van der Waals surface area contributed by atoms with Gasteiger partial charge in [-0.2, -0.15) is 0 Å². The highest BCUT2D eigenvalue weighted by Crippen LogP contribution is 2.11. The van der Waals surface area contributed by atoms with E-state index in [1.807, 2.05) is 0 Å². The van der Waals surface area contributed by atoms with E-state index in [9.17, 15) is 0 Å². The van der Waals surface area contributed by atoms with Crippen LogP contribution in [0.5, 0.6) is 0 Å². The Morgan fingerprint density at radius 2 is 1.87 bits per heavy atom. The Labute approximate surface area is 95.4 Å². The van der Waals surface area contributed by atoms with E-state index in [0.29, 0.717) is 12.7 Å². The molecule has 0 aromatic carbocycles. The maximum Gasteiger partial charge on any atom is 0.0567 e. The average molecular weight is 215 g/mol. The second kappa shape index (κ2) is 10.4. The standard InChI is InChI=1S/C12H29N3/c1-4-7-8-9-12(6-3)15(10-5-2)14-11-13/h12,14H,4-11,13H2,1-3H3.